The van der Waals surface area contributed by atoms with Gasteiger partial charge in [-0.2, -0.15) is 0 Å². The summed E-state index contributed by atoms with van der Waals surface area (Å²) in [5.74, 6) is 1.52. The minimum atomic E-state index is -0.0560. The van der Waals surface area contributed by atoms with E-state index in [1.807, 2.05) is 29.2 Å². The third-order valence-corrected chi connectivity index (χ3v) is 6.08. The number of halogens is 1. The lowest BCUT2D eigenvalue weighted by molar-refractivity contribution is -0.136. The van der Waals surface area contributed by atoms with Crippen molar-refractivity contribution in [1.82, 2.24) is 14.8 Å². The fourth-order valence-electron chi connectivity index (χ4n) is 3.96. The number of benzene rings is 1. The predicted octanol–water partition coefficient (Wildman–Crippen LogP) is 4.11. The number of nitrogens with zero attached hydrogens (tertiary/aromatic N) is 3. The molecule has 0 N–H and O–H groups in total. The van der Waals surface area contributed by atoms with Gasteiger partial charge in [0, 0.05) is 48.8 Å². The molecule has 1 aliphatic heterocycles. The maximum absolute atomic E-state index is 12.8. The molecule has 2 aliphatic rings. The van der Waals surface area contributed by atoms with Gasteiger partial charge in [0.1, 0.15) is 5.75 Å². The summed E-state index contributed by atoms with van der Waals surface area (Å²) in [6.07, 6.45) is 5.88. The Morgan fingerprint density at radius 3 is 2.38 bits per heavy atom. The molecule has 1 saturated heterocycles. The number of pyridine rings is 1. The monoisotopic (exact) mass is 457 g/mol. The molecule has 0 spiro atoms. The van der Waals surface area contributed by atoms with Crippen molar-refractivity contribution < 1.29 is 14.3 Å². The van der Waals surface area contributed by atoms with Crippen LogP contribution in [0.3, 0.4) is 0 Å². The summed E-state index contributed by atoms with van der Waals surface area (Å²) in [7, 11) is 0. The summed E-state index contributed by atoms with van der Waals surface area (Å²) in [6.45, 7) is 2.35. The number of aromatic nitrogens is 1. The molecule has 6 nitrogen and oxygen atoms in total. The van der Waals surface area contributed by atoms with Gasteiger partial charge in [0.05, 0.1) is 5.56 Å². The van der Waals surface area contributed by atoms with Crippen molar-refractivity contribution in [2.24, 2.45) is 5.92 Å². The standard InChI is InChI=1S/C22H24BrN3O3/c23-18-6-3-7-19(14-18)29-20-9-8-17(15-24-20)22(28)26-12-10-25(11-13-26)21(27)16-4-1-2-5-16/h3,6-9,14-16H,1-2,4-5,10-13H2. The van der Waals surface area contributed by atoms with Crippen LogP contribution in [0.2, 0.25) is 0 Å². The van der Waals surface area contributed by atoms with Crippen LogP contribution in [-0.4, -0.2) is 52.8 Å². The third-order valence-electron chi connectivity index (χ3n) is 5.58. The first-order valence-electron chi connectivity index (χ1n) is 10.1. The number of carbonyl (C=O) groups is 2. The zero-order valence-corrected chi connectivity index (χ0v) is 17.8. The Bertz CT molecular complexity index is 873. The van der Waals surface area contributed by atoms with Gasteiger partial charge >= 0.3 is 0 Å². The zero-order valence-electron chi connectivity index (χ0n) is 16.2. The van der Waals surface area contributed by atoms with Gasteiger partial charge in [0.2, 0.25) is 11.8 Å². The molecule has 1 aromatic heterocycles. The highest BCUT2D eigenvalue weighted by molar-refractivity contribution is 9.10. The van der Waals surface area contributed by atoms with E-state index in [0.29, 0.717) is 43.4 Å². The molecule has 4 rings (SSSR count). The van der Waals surface area contributed by atoms with Crippen molar-refractivity contribution in [2.75, 3.05) is 26.2 Å². The Morgan fingerprint density at radius 1 is 1.00 bits per heavy atom. The van der Waals surface area contributed by atoms with E-state index in [4.69, 9.17) is 4.74 Å². The minimum absolute atomic E-state index is 0.0560. The van der Waals surface area contributed by atoms with Crippen LogP contribution in [0.15, 0.2) is 47.1 Å². The van der Waals surface area contributed by atoms with E-state index in [1.54, 1.807) is 23.2 Å². The molecule has 2 aromatic rings. The van der Waals surface area contributed by atoms with Gasteiger partial charge in [0.15, 0.2) is 0 Å². The van der Waals surface area contributed by atoms with Crippen molar-refractivity contribution in [3.63, 3.8) is 0 Å². The molecule has 1 aliphatic carbocycles. The summed E-state index contributed by atoms with van der Waals surface area (Å²) in [5.41, 5.74) is 0.530. The first kappa shape index (κ1) is 19.9. The average Bonchev–Trinajstić information content (AvgIpc) is 3.28. The Balaban J connectivity index is 1.32. The van der Waals surface area contributed by atoms with E-state index in [0.717, 1.165) is 30.2 Å². The topological polar surface area (TPSA) is 62.7 Å². The van der Waals surface area contributed by atoms with Gasteiger partial charge in [-0.1, -0.05) is 34.8 Å². The summed E-state index contributed by atoms with van der Waals surface area (Å²) in [4.78, 5) is 33.3. The molecule has 2 fully saturated rings. The van der Waals surface area contributed by atoms with Crippen LogP contribution < -0.4 is 4.74 Å². The second-order valence-electron chi connectivity index (χ2n) is 7.54. The highest BCUT2D eigenvalue weighted by Crippen LogP contribution is 2.27. The number of ether oxygens (including phenoxy) is 1. The molecule has 0 bridgehead atoms. The highest BCUT2D eigenvalue weighted by Gasteiger charge is 2.30. The lowest BCUT2D eigenvalue weighted by atomic mass is 10.1. The van der Waals surface area contributed by atoms with Crippen LogP contribution in [0, 0.1) is 5.92 Å². The largest absolute Gasteiger partial charge is 0.439 e. The number of piperazine rings is 1. The Morgan fingerprint density at radius 2 is 1.72 bits per heavy atom. The van der Waals surface area contributed by atoms with E-state index in [9.17, 15) is 9.59 Å². The van der Waals surface area contributed by atoms with Gasteiger partial charge in [-0.25, -0.2) is 4.98 Å². The summed E-state index contributed by atoms with van der Waals surface area (Å²) < 4.78 is 6.64. The average molecular weight is 458 g/mol. The fraction of sp³-hybridized carbons (Fsp3) is 0.409. The number of carbonyl (C=O) groups excluding carboxylic acids is 2. The second kappa shape index (κ2) is 8.95. The molecular weight excluding hydrogens is 434 g/mol. The van der Waals surface area contributed by atoms with Crippen LogP contribution in [-0.2, 0) is 4.79 Å². The maximum Gasteiger partial charge on any atom is 0.255 e. The summed E-state index contributed by atoms with van der Waals surface area (Å²) in [6, 6.07) is 10.9. The Labute approximate surface area is 179 Å². The minimum Gasteiger partial charge on any atom is -0.439 e. The molecule has 0 unspecified atom stereocenters. The molecule has 152 valence electrons. The van der Waals surface area contributed by atoms with Crippen LogP contribution in [0.4, 0.5) is 0 Å². The Kier molecular flexibility index (Phi) is 6.13. The van der Waals surface area contributed by atoms with E-state index in [2.05, 4.69) is 20.9 Å². The lowest BCUT2D eigenvalue weighted by Gasteiger charge is -2.36. The van der Waals surface area contributed by atoms with E-state index in [1.165, 1.54) is 0 Å². The molecule has 7 heteroatoms. The zero-order chi connectivity index (χ0) is 20.2. The van der Waals surface area contributed by atoms with Gasteiger partial charge in [-0.15, -0.1) is 0 Å². The van der Waals surface area contributed by atoms with Gasteiger partial charge in [0.25, 0.3) is 5.91 Å². The van der Waals surface area contributed by atoms with Crippen LogP contribution in [0.1, 0.15) is 36.0 Å². The van der Waals surface area contributed by atoms with E-state index < -0.39 is 0 Å². The molecule has 0 radical (unpaired) electrons. The molecule has 2 amide bonds. The third kappa shape index (κ3) is 4.78. The predicted molar refractivity (Wildman–Crippen MR) is 113 cm³/mol. The van der Waals surface area contributed by atoms with Crippen molar-refractivity contribution in [1.29, 1.82) is 0 Å². The number of rotatable bonds is 4. The van der Waals surface area contributed by atoms with Crippen molar-refractivity contribution >= 4 is 27.7 Å². The molecular formula is C22H24BrN3O3. The number of amides is 2. The van der Waals surface area contributed by atoms with Gasteiger partial charge in [-0.3, -0.25) is 9.59 Å². The SMILES string of the molecule is O=C(c1ccc(Oc2cccc(Br)c2)nc1)N1CCN(C(=O)C2CCCC2)CC1. The molecule has 1 saturated carbocycles. The van der Waals surface area contributed by atoms with E-state index >= 15 is 0 Å². The smallest absolute Gasteiger partial charge is 0.255 e. The van der Waals surface area contributed by atoms with Crippen LogP contribution in [0.25, 0.3) is 0 Å². The number of hydrogen-bond donors (Lipinski definition) is 0. The molecule has 0 atom stereocenters. The van der Waals surface area contributed by atoms with Crippen molar-refractivity contribution in [2.45, 2.75) is 25.7 Å². The van der Waals surface area contributed by atoms with Crippen molar-refractivity contribution in [3.8, 4) is 11.6 Å². The first-order valence-corrected chi connectivity index (χ1v) is 10.9. The normalized spacial score (nSPS) is 17.4. The van der Waals surface area contributed by atoms with E-state index in [-0.39, 0.29) is 17.7 Å². The second-order valence-corrected chi connectivity index (χ2v) is 8.46. The van der Waals surface area contributed by atoms with Gasteiger partial charge < -0.3 is 14.5 Å². The fourth-order valence-corrected chi connectivity index (χ4v) is 4.34. The maximum atomic E-state index is 12.8. The first-order chi connectivity index (χ1) is 14.1. The molecule has 2 heterocycles. The molecule has 29 heavy (non-hydrogen) atoms. The Hall–Kier alpha value is -2.41. The quantitative estimate of drug-likeness (QED) is 0.692. The number of hydrogen-bond acceptors (Lipinski definition) is 4. The highest BCUT2D eigenvalue weighted by atomic mass is 79.9. The van der Waals surface area contributed by atoms with Crippen LogP contribution in [0.5, 0.6) is 11.6 Å². The van der Waals surface area contributed by atoms with Crippen LogP contribution >= 0.6 is 15.9 Å². The summed E-state index contributed by atoms with van der Waals surface area (Å²) in [5, 5.41) is 0. The molecule has 1 aromatic carbocycles. The van der Waals surface area contributed by atoms with Crippen molar-refractivity contribution in [3.05, 3.63) is 52.6 Å². The van der Waals surface area contributed by atoms with Gasteiger partial charge in [-0.05, 0) is 37.1 Å². The lowest BCUT2D eigenvalue weighted by Crippen LogP contribution is -2.51. The summed E-state index contributed by atoms with van der Waals surface area (Å²) >= 11 is 3.41.